The van der Waals surface area contributed by atoms with Gasteiger partial charge in [-0.3, -0.25) is 0 Å². The zero-order chi connectivity index (χ0) is 11.8. The van der Waals surface area contributed by atoms with Gasteiger partial charge in [0.05, 0.1) is 0 Å². The summed E-state index contributed by atoms with van der Waals surface area (Å²) in [6, 6.07) is 9.99. The van der Waals surface area contributed by atoms with Gasteiger partial charge in [0.15, 0.2) is 0 Å². The summed E-state index contributed by atoms with van der Waals surface area (Å²) in [7, 11) is 0. The number of aryl methyl sites for hydroxylation is 1. The van der Waals surface area contributed by atoms with Crippen molar-refractivity contribution in [3.05, 3.63) is 34.7 Å². The monoisotopic (exact) mass is 245 g/mol. The Kier molecular flexibility index (Phi) is 2.93. The smallest absolute Gasteiger partial charge is 0.0391 e. The van der Waals surface area contributed by atoms with Crippen LogP contribution in [0.1, 0.15) is 42.7 Å². The van der Waals surface area contributed by atoms with Crippen LogP contribution in [0.2, 0.25) is 0 Å². The highest BCUT2D eigenvalue weighted by Gasteiger charge is 2.21. The van der Waals surface area contributed by atoms with Gasteiger partial charge in [-0.15, -0.1) is 11.3 Å². The molecule has 0 saturated heterocycles. The third-order valence-corrected chi connectivity index (χ3v) is 5.32. The van der Waals surface area contributed by atoms with Crippen molar-refractivity contribution < 1.29 is 0 Å². The minimum Gasteiger partial charge on any atom is -0.307 e. The van der Waals surface area contributed by atoms with Gasteiger partial charge >= 0.3 is 0 Å². The predicted molar refractivity (Wildman–Crippen MR) is 75.8 cm³/mol. The normalized spacial score (nSPS) is 18.2. The van der Waals surface area contributed by atoms with Crippen molar-refractivity contribution in [2.45, 2.75) is 45.2 Å². The lowest BCUT2D eigenvalue weighted by Gasteiger charge is -2.30. The second kappa shape index (κ2) is 4.43. The summed E-state index contributed by atoms with van der Waals surface area (Å²) in [6.07, 6.45) is 4.11. The van der Waals surface area contributed by atoms with E-state index in [1.165, 1.54) is 39.8 Å². The van der Waals surface area contributed by atoms with Crippen molar-refractivity contribution in [2.75, 3.05) is 0 Å². The van der Waals surface area contributed by atoms with Crippen LogP contribution in [0.15, 0.2) is 24.3 Å². The molecule has 17 heavy (non-hydrogen) atoms. The van der Waals surface area contributed by atoms with Crippen molar-refractivity contribution in [3.8, 4) is 0 Å². The number of fused-ring (bicyclic) bond motifs is 1. The van der Waals surface area contributed by atoms with Gasteiger partial charge in [-0.1, -0.05) is 24.6 Å². The number of nitrogens with one attached hydrogen (secondary N) is 1. The van der Waals surface area contributed by atoms with Crippen molar-refractivity contribution in [2.24, 2.45) is 0 Å². The molecule has 0 bridgehead atoms. The molecule has 1 nitrogen and oxygen atoms in total. The highest BCUT2D eigenvalue weighted by molar-refractivity contribution is 7.19. The van der Waals surface area contributed by atoms with Crippen LogP contribution in [-0.4, -0.2) is 6.04 Å². The van der Waals surface area contributed by atoms with E-state index in [1.54, 1.807) is 0 Å². The van der Waals surface area contributed by atoms with Crippen LogP contribution in [0, 0.1) is 6.92 Å². The first-order valence-electron chi connectivity index (χ1n) is 6.50. The molecule has 0 spiro atoms. The average molecular weight is 245 g/mol. The predicted octanol–water partition coefficient (Wildman–Crippen LogP) is 4.41. The third kappa shape index (κ3) is 2.00. The molecular weight excluding hydrogens is 226 g/mol. The number of rotatable bonds is 3. The average Bonchev–Trinajstić information content (AvgIpc) is 2.62. The lowest BCUT2D eigenvalue weighted by molar-refractivity contribution is 0.314. The molecule has 1 fully saturated rings. The van der Waals surface area contributed by atoms with Crippen LogP contribution >= 0.6 is 11.3 Å². The molecule has 1 atom stereocenters. The molecule has 3 rings (SSSR count). The molecule has 1 aliphatic rings. The molecule has 2 aromatic rings. The fraction of sp³-hybridized carbons (Fsp3) is 0.467. The van der Waals surface area contributed by atoms with Gasteiger partial charge in [-0.2, -0.15) is 0 Å². The number of hydrogen-bond acceptors (Lipinski definition) is 2. The summed E-state index contributed by atoms with van der Waals surface area (Å²) >= 11 is 1.95. The molecule has 0 aliphatic heterocycles. The maximum absolute atomic E-state index is 3.74. The van der Waals surface area contributed by atoms with Gasteiger partial charge < -0.3 is 5.32 Å². The Morgan fingerprint density at radius 3 is 2.71 bits per heavy atom. The van der Waals surface area contributed by atoms with E-state index in [-0.39, 0.29) is 0 Å². The topological polar surface area (TPSA) is 12.0 Å². The van der Waals surface area contributed by atoms with E-state index in [1.807, 2.05) is 11.3 Å². The fourth-order valence-corrected chi connectivity index (χ4v) is 3.83. The highest BCUT2D eigenvalue weighted by atomic mass is 32.1. The Bertz CT molecular complexity index is 525. The summed E-state index contributed by atoms with van der Waals surface area (Å²) in [5.41, 5.74) is 1.46. The highest BCUT2D eigenvalue weighted by Crippen LogP contribution is 2.35. The third-order valence-electron chi connectivity index (χ3n) is 3.86. The summed E-state index contributed by atoms with van der Waals surface area (Å²) in [4.78, 5) is 1.51. The first kappa shape index (κ1) is 11.2. The Morgan fingerprint density at radius 2 is 2.06 bits per heavy atom. The van der Waals surface area contributed by atoms with Crippen LogP contribution in [0.25, 0.3) is 10.1 Å². The molecule has 1 heterocycles. The van der Waals surface area contributed by atoms with Crippen LogP contribution in [0.4, 0.5) is 0 Å². The largest absolute Gasteiger partial charge is 0.307 e. The molecule has 2 heteroatoms. The minimum atomic E-state index is 0.498. The fourth-order valence-electron chi connectivity index (χ4n) is 2.61. The molecule has 1 aromatic carbocycles. The maximum Gasteiger partial charge on any atom is 0.0391 e. The van der Waals surface area contributed by atoms with E-state index in [4.69, 9.17) is 0 Å². The molecule has 1 aliphatic carbocycles. The van der Waals surface area contributed by atoms with Crippen LogP contribution in [0.3, 0.4) is 0 Å². The Morgan fingerprint density at radius 1 is 1.29 bits per heavy atom. The van der Waals surface area contributed by atoms with Crippen molar-refractivity contribution in [3.63, 3.8) is 0 Å². The molecule has 90 valence electrons. The Labute approximate surface area is 107 Å². The maximum atomic E-state index is 3.74. The van der Waals surface area contributed by atoms with E-state index < -0.39 is 0 Å². The Balaban J connectivity index is 1.90. The van der Waals surface area contributed by atoms with Gasteiger partial charge in [-0.25, -0.2) is 0 Å². The second-order valence-electron chi connectivity index (χ2n) is 5.10. The number of hydrogen-bond donors (Lipinski definition) is 1. The van der Waals surface area contributed by atoms with Crippen molar-refractivity contribution >= 4 is 21.4 Å². The van der Waals surface area contributed by atoms with Gasteiger partial charge in [0, 0.05) is 21.7 Å². The van der Waals surface area contributed by atoms with Gasteiger partial charge in [-0.05, 0) is 43.7 Å². The van der Waals surface area contributed by atoms with E-state index in [9.17, 15) is 0 Å². The van der Waals surface area contributed by atoms with E-state index >= 15 is 0 Å². The lowest BCUT2D eigenvalue weighted by Crippen LogP contribution is -2.36. The summed E-state index contributed by atoms with van der Waals surface area (Å²) in [6.45, 7) is 4.56. The van der Waals surface area contributed by atoms with Gasteiger partial charge in [0.25, 0.3) is 0 Å². The van der Waals surface area contributed by atoms with Crippen LogP contribution in [0.5, 0.6) is 0 Å². The quantitative estimate of drug-likeness (QED) is 0.844. The molecule has 1 saturated carbocycles. The van der Waals surface area contributed by atoms with E-state index in [2.05, 4.69) is 43.4 Å². The van der Waals surface area contributed by atoms with E-state index in [0.717, 1.165) is 6.04 Å². The van der Waals surface area contributed by atoms with Crippen molar-refractivity contribution in [1.29, 1.82) is 0 Å². The van der Waals surface area contributed by atoms with Crippen LogP contribution in [-0.2, 0) is 0 Å². The van der Waals surface area contributed by atoms with Gasteiger partial charge in [0.2, 0.25) is 0 Å². The zero-order valence-electron chi connectivity index (χ0n) is 10.5. The molecule has 1 aromatic heterocycles. The summed E-state index contributed by atoms with van der Waals surface area (Å²) in [5, 5.41) is 5.17. The lowest BCUT2D eigenvalue weighted by atomic mass is 9.92. The molecule has 1 N–H and O–H groups in total. The molecule has 0 radical (unpaired) electrons. The first-order chi connectivity index (χ1) is 8.25. The van der Waals surface area contributed by atoms with Crippen LogP contribution < -0.4 is 5.32 Å². The molecular formula is C15H19NS. The standard InChI is InChI=1S/C15H19NS/c1-10-13-8-3-4-9-14(13)17-15(10)11(2)16-12-6-5-7-12/h3-4,8-9,11-12,16H,5-7H2,1-2H3. The summed E-state index contributed by atoms with van der Waals surface area (Å²) < 4.78 is 1.42. The van der Waals surface area contributed by atoms with Crippen molar-refractivity contribution in [1.82, 2.24) is 5.32 Å². The number of thiophene rings is 1. The SMILES string of the molecule is Cc1c(C(C)NC2CCC2)sc2ccccc12. The zero-order valence-corrected chi connectivity index (χ0v) is 11.3. The minimum absolute atomic E-state index is 0.498. The Hall–Kier alpha value is -0.860. The first-order valence-corrected chi connectivity index (χ1v) is 7.31. The van der Waals surface area contributed by atoms with Gasteiger partial charge in [0.1, 0.15) is 0 Å². The molecule has 0 amide bonds. The second-order valence-corrected chi connectivity index (χ2v) is 6.19. The molecule has 1 unspecified atom stereocenters. The number of benzene rings is 1. The van der Waals surface area contributed by atoms with E-state index in [0.29, 0.717) is 6.04 Å². The summed E-state index contributed by atoms with van der Waals surface area (Å²) in [5.74, 6) is 0.